The number of hydrogen-bond donors (Lipinski definition) is 2. The van der Waals surface area contributed by atoms with Crippen LogP contribution in [0.25, 0.3) is 0 Å². The molecule has 1 heterocycles. The molecule has 2 fully saturated rings. The summed E-state index contributed by atoms with van der Waals surface area (Å²) in [5.74, 6) is 1.57. The van der Waals surface area contributed by atoms with Gasteiger partial charge in [0.1, 0.15) is 0 Å². The molecule has 1 aliphatic carbocycles. The van der Waals surface area contributed by atoms with Crippen molar-refractivity contribution in [1.82, 2.24) is 10.6 Å². The average Bonchev–Trinajstić information content (AvgIpc) is 2.70. The van der Waals surface area contributed by atoms with Crippen LogP contribution in [0.3, 0.4) is 0 Å². The van der Waals surface area contributed by atoms with Gasteiger partial charge < -0.3 is 24.8 Å². The summed E-state index contributed by atoms with van der Waals surface area (Å²) < 4.78 is 17.2. The second-order valence-corrected chi connectivity index (χ2v) is 7.80. The molecule has 2 atom stereocenters. The average molecular weight is 511 g/mol. The fourth-order valence-electron chi connectivity index (χ4n) is 4.49. The maximum absolute atomic E-state index is 5.97. The zero-order chi connectivity index (χ0) is 19.5. The highest BCUT2D eigenvalue weighted by molar-refractivity contribution is 14.0. The Morgan fingerprint density at radius 1 is 1.18 bits per heavy atom. The highest BCUT2D eigenvalue weighted by Gasteiger charge is 2.53. The van der Waals surface area contributed by atoms with Crippen LogP contribution < -0.4 is 10.6 Å². The Balaban J connectivity index is 0.00000392. The molecule has 1 saturated heterocycles. The molecular weight excluding hydrogens is 469 g/mol. The standard InChI is InChI=1S/C21H41N3O3.HI/c1-5-21(6-2)18(15-19(21)27-7-3)24-20(22-4)23-11-8-12-26-16-17-9-13-25-14-10-17;/h17-19H,5-16H2,1-4H3,(H2,22,23,24);1H. The van der Waals surface area contributed by atoms with Crippen molar-refractivity contribution >= 4 is 29.9 Å². The third kappa shape index (κ3) is 6.99. The molecule has 6 nitrogen and oxygen atoms in total. The van der Waals surface area contributed by atoms with E-state index in [0.29, 0.717) is 18.1 Å². The van der Waals surface area contributed by atoms with E-state index in [-0.39, 0.29) is 29.4 Å². The second-order valence-electron chi connectivity index (χ2n) is 7.80. The first-order chi connectivity index (χ1) is 13.2. The van der Waals surface area contributed by atoms with Crippen LogP contribution in [0, 0.1) is 11.3 Å². The van der Waals surface area contributed by atoms with E-state index in [9.17, 15) is 0 Å². The Morgan fingerprint density at radius 2 is 1.89 bits per heavy atom. The van der Waals surface area contributed by atoms with E-state index in [1.807, 2.05) is 7.05 Å². The molecule has 2 aliphatic rings. The lowest BCUT2D eigenvalue weighted by Gasteiger charge is -2.55. The van der Waals surface area contributed by atoms with E-state index in [1.165, 1.54) is 0 Å². The Bertz CT molecular complexity index is 441. The maximum Gasteiger partial charge on any atom is 0.191 e. The Kier molecular flexibility index (Phi) is 12.9. The van der Waals surface area contributed by atoms with Crippen molar-refractivity contribution in [2.24, 2.45) is 16.3 Å². The predicted octanol–water partition coefficient (Wildman–Crippen LogP) is 3.59. The molecule has 2 N–H and O–H groups in total. The summed E-state index contributed by atoms with van der Waals surface area (Å²) >= 11 is 0. The van der Waals surface area contributed by atoms with Crippen LogP contribution in [0.15, 0.2) is 4.99 Å². The van der Waals surface area contributed by atoms with Gasteiger partial charge >= 0.3 is 0 Å². The van der Waals surface area contributed by atoms with Crippen molar-refractivity contribution in [1.29, 1.82) is 0 Å². The van der Waals surface area contributed by atoms with Gasteiger partial charge in [-0.05, 0) is 51.4 Å². The van der Waals surface area contributed by atoms with Crippen molar-refractivity contribution < 1.29 is 14.2 Å². The summed E-state index contributed by atoms with van der Waals surface area (Å²) in [5, 5.41) is 7.07. The van der Waals surface area contributed by atoms with E-state index in [2.05, 4.69) is 36.4 Å². The molecule has 28 heavy (non-hydrogen) atoms. The third-order valence-corrected chi connectivity index (χ3v) is 6.46. The first-order valence-electron chi connectivity index (χ1n) is 10.9. The Labute approximate surface area is 189 Å². The second kappa shape index (κ2) is 14.0. The van der Waals surface area contributed by atoms with E-state index >= 15 is 0 Å². The number of rotatable bonds is 11. The fraction of sp³-hybridized carbons (Fsp3) is 0.952. The molecule has 0 spiro atoms. The van der Waals surface area contributed by atoms with Crippen LogP contribution in [0.1, 0.15) is 59.3 Å². The molecule has 0 aromatic rings. The van der Waals surface area contributed by atoms with E-state index in [4.69, 9.17) is 14.2 Å². The molecular formula is C21H42IN3O3. The Hall–Kier alpha value is -0.120. The van der Waals surface area contributed by atoms with Crippen LogP contribution >= 0.6 is 24.0 Å². The van der Waals surface area contributed by atoms with Crippen molar-refractivity contribution in [2.45, 2.75) is 71.4 Å². The number of ether oxygens (including phenoxy) is 3. The third-order valence-electron chi connectivity index (χ3n) is 6.46. The lowest BCUT2D eigenvalue weighted by atomic mass is 9.58. The molecule has 0 aromatic carbocycles. The minimum absolute atomic E-state index is 0. The zero-order valence-corrected chi connectivity index (χ0v) is 20.6. The summed E-state index contributed by atoms with van der Waals surface area (Å²) in [6, 6.07) is 0.431. The topological polar surface area (TPSA) is 64.1 Å². The number of nitrogens with one attached hydrogen (secondary N) is 2. The minimum atomic E-state index is 0. The number of guanidine groups is 1. The van der Waals surface area contributed by atoms with Crippen molar-refractivity contribution in [3.8, 4) is 0 Å². The van der Waals surface area contributed by atoms with E-state index < -0.39 is 0 Å². The van der Waals surface area contributed by atoms with Gasteiger partial charge in [0.15, 0.2) is 5.96 Å². The summed E-state index contributed by atoms with van der Waals surface area (Å²) in [7, 11) is 1.84. The van der Waals surface area contributed by atoms with Gasteiger partial charge in [0.2, 0.25) is 0 Å². The molecule has 0 bridgehead atoms. The lowest BCUT2D eigenvalue weighted by molar-refractivity contribution is -0.133. The van der Waals surface area contributed by atoms with Crippen molar-refractivity contribution in [2.75, 3.05) is 46.6 Å². The van der Waals surface area contributed by atoms with Gasteiger partial charge in [-0.3, -0.25) is 4.99 Å². The van der Waals surface area contributed by atoms with Crippen molar-refractivity contribution in [3.05, 3.63) is 0 Å². The van der Waals surface area contributed by atoms with Gasteiger partial charge in [-0.15, -0.1) is 24.0 Å². The number of halogens is 1. The van der Waals surface area contributed by atoms with Gasteiger partial charge in [-0.1, -0.05) is 13.8 Å². The van der Waals surface area contributed by atoms with E-state index in [0.717, 1.165) is 84.1 Å². The first kappa shape index (κ1) is 25.9. The minimum Gasteiger partial charge on any atom is -0.381 e. The van der Waals surface area contributed by atoms with Crippen molar-refractivity contribution in [3.63, 3.8) is 0 Å². The zero-order valence-electron chi connectivity index (χ0n) is 18.3. The van der Waals surface area contributed by atoms with E-state index in [1.54, 1.807) is 0 Å². The number of nitrogens with zero attached hydrogens (tertiary/aromatic N) is 1. The highest BCUT2D eigenvalue weighted by atomic mass is 127. The fourth-order valence-corrected chi connectivity index (χ4v) is 4.49. The SMILES string of the molecule is CCOC1CC(NC(=NC)NCCCOCC2CCOCC2)C1(CC)CC.I. The van der Waals surface area contributed by atoms with Gasteiger partial charge in [-0.25, -0.2) is 0 Å². The summed E-state index contributed by atoms with van der Waals surface area (Å²) in [4.78, 5) is 4.41. The van der Waals surface area contributed by atoms with Crippen LogP contribution in [0.2, 0.25) is 0 Å². The molecule has 7 heteroatoms. The summed E-state index contributed by atoms with van der Waals surface area (Å²) in [6.07, 6.45) is 6.94. The van der Waals surface area contributed by atoms with Crippen LogP contribution in [-0.4, -0.2) is 64.7 Å². The summed E-state index contributed by atoms with van der Waals surface area (Å²) in [6.45, 7) is 11.7. The van der Waals surface area contributed by atoms with Crippen LogP contribution in [0.5, 0.6) is 0 Å². The molecule has 0 aromatic heterocycles. The van der Waals surface area contributed by atoms with Crippen LogP contribution in [0.4, 0.5) is 0 Å². The molecule has 0 radical (unpaired) electrons. The van der Waals surface area contributed by atoms with Gasteiger partial charge in [-0.2, -0.15) is 0 Å². The van der Waals surface area contributed by atoms with Gasteiger partial charge in [0, 0.05) is 58.1 Å². The molecule has 2 unspecified atom stereocenters. The molecule has 166 valence electrons. The normalized spacial score (nSPS) is 24.9. The monoisotopic (exact) mass is 511 g/mol. The number of aliphatic imine (C=N–C) groups is 1. The first-order valence-corrected chi connectivity index (χ1v) is 10.9. The maximum atomic E-state index is 5.97. The van der Waals surface area contributed by atoms with Gasteiger partial charge in [0.05, 0.1) is 6.10 Å². The predicted molar refractivity (Wildman–Crippen MR) is 126 cm³/mol. The van der Waals surface area contributed by atoms with Crippen LogP contribution in [-0.2, 0) is 14.2 Å². The molecule has 0 amide bonds. The molecule has 2 rings (SSSR count). The smallest absolute Gasteiger partial charge is 0.191 e. The molecule has 1 aliphatic heterocycles. The quantitative estimate of drug-likeness (QED) is 0.192. The van der Waals surface area contributed by atoms with Gasteiger partial charge in [0.25, 0.3) is 0 Å². The molecule has 1 saturated carbocycles. The largest absolute Gasteiger partial charge is 0.381 e. The Morgan fingerprint density at radius 3 is 2.50 bits per heavy atom. The summed E-state index contributed by atoms with van der Waals surface area (Å²) in [5.41, 5.74) is 0.223. The number of hydrogen-bond acceptors (Lipinski definition) is 4. The highest BCUT2D eigenvalue weighted by Crippen LogP contribution is 2.48. The lowest BCUT2D eigenvalue weighted by Crippen LogP contribution is -2.65.